The molecule has 0 unspecified atom stereocenters. The van der Waals surface area contributed by atoms with Crippen molar-refractivity contribution >= 4 is 16.8 Å². The molecule has 0 radical (unpaired) electrons. The van der Waals surface area contributed by atoms with Gasteiger partial charge in [-0.15, -0.1) is 0 Å². The number of methoxy groups -OCH3 is 1. The molecule has 43 heavy (non-hydrogen) atoms. The van der Waals surface area contributed by atoms with Crippen LogP contribution in [-0.2, 0) is 28.2 Å². The molecule has 0 spiro atoms. The van der Waals surface area contributed by atoms with Gasteiger partial charge in [0.15, 0.2) is 0 Å². The molecule has 1 aromatic heterocycles. The summed E-state index contributed by atoms with van der Waals surface area (Å²) in [6.07, 6.45) is -7.88. The van der Waals surface area contributed by atoms with E-state index in [1.54, 1.807) is 7.11 Å². The summed E-state index contributed by atoms with van der Waals surface area (Å²) in [5.41, 5.74) is -1.83. The molecule has 1 amide bonds. The lowest BCUT2D eigenvalue weighted by Gasteiger charge is -2.42. The molecule has 234 valence electrons. The smallest absolute Gasteiger partial charge is 0.382 e. The second kappa shape index (κ2) is 12.8. The fourth-order valence-electron chi connectivity index (χ4n) is 5.92. The van der Waals surface area contributed by atoms with Crippen LogP contribution in [0.15, 0.2) is 48.7 Å². The van der Waals surface area contributed by atoms with E-state index in [1.807, 2.05) is 30.5 Å². The molecule has 2 atom stereocenters. The normalized spacial score (nSPS) is 21.0. The van der Waals surface area contributed by atoms with Gasteiger partial charge in [-0.25, -0.2) is 0 Å². The summed E-state index contributed by atoms with van der Waals surface area (Å²) < 4.78 is 92.3. The summed E-state index contributed by atoms with van der Waals surface area (Å²) in [6.45, 7) is 5.05. The number of carbonyl (C=O) groups is 1. The van der Waals surface area contributed by atoms with Crippen LogP contribution >= 0.6 is 0 Å². The number of alkyl halides is 6. The molecule has 3 aromatic rings. The number of halogens is 6. The fraction of sp³-hybridized carbons (Fsp3) is 0.500. The Morgan fingerprint density at radius 3 is 2.30 bits per heavy atom. The Morgan fingerprint density at radius 1 is 0.953 bits per heavy atom. The predicted octanol–water partition coefficient (Wildman–Crippen LogP) is 4.92. The van der Waals surface area contributed by atoms with E-state index >= 15 is 0 Å². The van der Waals surface area contributed by atoms with Gasteiger partial charge in [0.05, 0.1) is 30.4 Å². The van der Waals surface area contributed by atoms with Crippen LogP contribution in [0.25, 0.3) is 10.9 Å². The van der Waals surface area contributed by atoms with Crippen LogP contribution < -0.4 is 0 Å². The van der Waals surface area contributed by atoms with Gasteiger partial charge >= 0.3 is 12.4 Å². The number of aromatic nitrogens is 1. The zero-order valence-electron chi connectivity index (χ0n) is 23.7. The number of H-pyrrole nitrogens is 1. The van der Waals surface area contributed by atoms with E-state index in [9.17, 15) is 31.1 Å². The van der Waals surface area contributed by atoms with Gasteiger partial charge in [0, 0.05) is 81.6 Å². The van der Waals surface area contributed by atoms with Crippen LogP contribution in [0.3, 0.4) is 0 Å². The summed E-state index contributed by atoms with van der Waals surface area (Å²) in [6, 6.07) is 8.21. The number of amides is 1. The van der Waals surface area contributed by atoms with Crippen LogP contribution in [0.2, 0.25) is 0 Å². The number of ether oxygens (including phenoxy) is 2. The maximum atomic E-state index is 13.7. The number of para-hydroxylation sites is 1. The molecule has 3 heterocycles. The van der Waals surface area contributed by atoms with Crippen molar-refractivity contribution in [3.63, 3.8) is 0 Å². The first-order chi connectivity index (χ1) is 20.4. The summed E-state index contributed by atoms with van der Waals surface area (Å²) in [4.78, 5) is 22.8. The molecule has 0 bridgehead atoms. The highest BCUT2D eigenvalue weighted by Crippen LogP contribution is 2.37. The number of carbonyl (C=O) groups excluding carboxylic acids is 1. The highest BCUT2D eigenvalue weighted by atomic mass is 19.4. The molecule has 5 rings (SSSR count). The molecular formula is C30H34F6N4O3. The number of nitrogens with one attached hydrogen (secondary N) is 1. The second-order valence-corrected chi connectivity index (χ2v) is 11.1. The first kappa shape index (κ1) is 31.3. The molecule has 2 aromatic carbocycles. The van der Waals surface area contributed by atoms with Gasteiger partial charge in [0.25, 0.3) is 5.91 Å². The number of benzene rings is 2. The van der Waals surface area contributed by atoms with E-state index in [1.165, 1.54) is 4.90 Å². The SMILES string of the molecule is COC[C@@H]1CN(CCN2CCN(C(=O)c3cc(C(F)(F)F)cc(C(F)(F)F)c3)[C@H](Cc3c[nH]c4ccccc34)C2)CCO1. The third kappa shape index (κ3) is 7.51. The molecule has 0 aliphatic carbocycles. The van der Waals surface area contributed by atoms with E-state index in [0.717, 1.165) is 36.1 Å². The van der Waals surface area contributed by atoms with Crippen LogP contribution in [0.1, 0.15) is 27.0 Å². The minimum absolute atomic E-state index is 0.0168. The fourth-order valence-corrected chi connectivity index (χ4v) is 5.92. The number of aromatic amines is 1. The molecular weight excluding hydrogens is 578 g/mol. The van der Waals surface area contributed by atoms with E-state index in [-0.39, 0.29) is 18.7 Å². The van der Waals surface area contributed by atoms with Gasteiger partial charge < -0.3 is 19.4 Å². The quantitative estimate of drug-likeness (QED) is 0.366. The van der Waals surface area contributed by atoms with Crippen molar-refractivity contribution in [1.82, 2.24) is 19.7 Å². The minimum atomic E-state index is -5.04. The van der Waals surface area contributed by atoms with Crippen molar-refractivity contribution < 1.29 is 40.6 Å². The first-order valence-corrected chi connectivity index (χ1v) is 14.1. The van der Waals surface area contributed by atoms with Crippen molar-refractivity contribution in [2.24, 2.45) is 0 Å². The summed E-state index contributed by atoms with van der Waals surface area (Å²) in [5.74, 6) is -0.850. The summed E-state index contributed by atoms with van der Waals surface area (Å²) in [7, 11) is 1.63. The third-order valence-electron chi connectivity index (χ3n) is 8.10. The lowest BCUT2D eigenvalue weighted by atomic mass is 9.98. The highest BCUT2D eigenvalue weighted by Gasteiger charge is 2.39. The summed E-state index contributed by atoms with van der Waals surface area (Å²) in [5, 5.41) is 0.947. The predicted molar refractivity (Wildman–Crippen MR) is 148 cm³/mol. The van der Waals surface area contributed by atoms with Crippen LogP contribution in [0.5, 0.6) is 0 Å². The average Bonchev–Trinajstić information content (AvgIpc) is 3.38. The van der Waals surface area contributed by atoms with Crippen LogP contribution in [-0.4, -0.2) is 104 Å². The van der Waals surface area contributed by atoms with Gasteiger partial charge in [-0.2, -0.15) is 26.3 Å². The zero-order valence-corrected chi connectivity index (χ0v) is 23.7. The van der Waals surface area contributed by atoms with Crippen molar-refractivity contribution in [3.8, 4) is 0 Å². The number of fused-ring (bicyclic) bond motifs is 1. The number of piperazine rings is 1. The lowest BCUT2D eigenvalue weighted by molar-refractivity contribution is -0.143. The lowest BCUT2D eigenvalue weighted by Crippen LogP contribution is -2.57. The Labute approximate surface area is 245 Å². The molecule has 2 fully saturated rings. The molecule has 2 saturated heterocycles. The second-order valence-electron chi connectivity index (χ2n) is 11.1. The van der Waals surface area contributed by atoms with Crippen molar-refractivity contribution in [2.45, 2.75) is 30.9 Å². The van der Waals surface area contributed by atoms with E-state index in [2.05, 4.69) is 14.8 Å². The molecule has 13 heteroatoms. The van der Waals surface area contributed by atoms with Crippen LogP contribution in [0, 0.1) is 0 Å². The van der Waals surface area contributed by atoms with E-state index in [0.29, 0.717) is 51.4 Å². The van der Waals surface area contributed by atoms with E-state index in [4.69, 9.17) is 9.47 Å². The minimum Gasteiger partial charge on any atom is -0.382 e. The standard InChI is InChI=1S/C30H34F6N4O3/c1-42-19-25-18-39(10-11-43-25)7-6-38-8-9-40(24(17-38)14-21-16-37-27-5-3-2-4-26(21)27)28(41)20-12-22(29(31,32)33)15-23(13-20)30(34,35)36/h2-5,12-13,15-16,24-25,37H,6-11,14,17-19H2,1H3/t24-,25+/m1/s1. The largest absolute Gasteiger partial charge is 0.416 e. The van der Waals surface area contributed by atoms with Gasteiger partial charge in [-0.1, -0.05) is 18.2 Å². The number of rotatable bonds is 8. The Hall–Kier alpha value is -3.13. The van der Waals surface area contributed by atoms with Gasteiger partial charge in [-0.05, 0) is 36.2 Å². The molecule has 7 nitrogen and oxygen atoms in total. The molecule has 1 N–H and O–H groups in total. The molecule has 2 aliphatic heterocycles. The van der Waals surface area contributed by atoms with Gasteiger partial charge in [0.2, 0.25) is 0 Å². The maximum Gasteiger partial charge on any atom is 0.416 e. The number of hydrogen-bond donors (Lipinski definition) is 1. The summed E-state index contributed by atoms with van der Waals surface area (Å²) >= 11 is 0. The average molecular weight is 613 g/mol. The zero-order chi connectivity index (χ0) is 30.8. The van der Waals surface area contributed by atoms with Crippen LogP contribution in [0.4, 0.5) is 26.3 Å². The Bertz CT molecular complexity index is 1370. The number of nitrogens with zero attached hydrogens (tertiary/aromatic N) is 3. The topological polar surface area (TPSA) is 61.0 Å². The highest BCUT2D eigenvalue weighted by molar-refractivity contribution is 5.95. The van der Waals surface area contributed by atoms with Crippen molar-refractivity contribution in [2.75, 3.05) is 66.1 Å². The monoisotopic (exact) mass is 612 g/mol. The first-order valence-electron chi connectivity index (χ1n) is 14.1. The van der Waals surface area contributed by atoms with E-state index < -0.39 is 41.0 Å². The third-order valence-corrected chi connectivity index (χ3v) is 8.10. The van der Waals surface area contributed by atoms with Crippen molar-refractivity contribution in [1.29, 1.82) is 0 Å². The molecule has 0 saturated carbocycles. The Balaban J connectivity index is 1.38. The van der Waals surface area contributed by atoms with Gasteiger partial charge in [-0.3, -0.25) is 14.6 Å². The number of morpholine rings is 1. The Morgan fingerprint density at radius 2 is 1.63 bits per heavy atom. The molecule has 2 aliphatic rings. The number of hydrogen-bond acceptors (Lipinski definition) is 5. The van der Waals surface area contributed by atoms with Crippen molar-refractivity contribution in [3.05, 3.63) is 70.9 Å². The Kier molecular flexibility index (Phi) is 9.35. The maximum absolute atomic E-state index is 13.7. The van der Waals surface area contributed by atoms with Gasteiger partial charge in [0.1, 0.15) is 0 Å².